The molecular weight excluding hydrogens is 211 g/mol. The van der Waals surface area contributed by atoms with Crippen molar-refractivity contribution in [2.24, 2.45) is 0 Å². The predicted molar refractivity (Wildman–Crippen MR) is 73.6 cm³/mol. The van der Waals surface area contributed by atoms with E-state index in [9.17, 15) is 0 Å². The smallest absolute Gasteiger partial charge is 0.000345 e. The van der Waals surface area contributed by atoms with E-state index in [2.05, 4.69) is 61.5 Å². The van der Waals surface area contributed by atoms with Gasteiger partial charge in [0.1, 0.15) is 0 Å². The largest absolute Gasteiger partial charge is 0.123 e. The van der Waals surface area contributed by atoms with Gasteiger partial charge in [-0.2, -0.15) is 0 Å². The fraction of sp³-hybridized carbons (Fsp3) is 0.0667. The molecule has 0 N–H and O–H groups in total. The van der Waals surface area contributed by atoms with E-state index in [0.717, 1.165) is 8.19 Å². The molecule has 0 saturated heterocycles. The lowest BCUT2D eigenvalue weighted by Crippen LogP contribution is -1.76. The molecule has 3 rings (SSSR count). The van der Waals surface area contributed by atoms with Crippen molar-refractivity contribution in [2.75, 3.05) is 0 Å². The first-order valence-electron chi connectivity index (χ1n) is 5.48. The summed E-state index contributed by atoms with van der Waals surface area (Å²) in [5.74, 6) is 0. The summed E-state index contributed by atoms with van der Waals surface area (Å²) >= 11 is 0. The number of benzene rings is 2. The molecule has 2 aromatic carbocycles. The molecule has 0 nitrogen and oxygen atoms in total. The first-order chi connectivity index (χ1) is 7.84. The minimum atomic E-state index is 0.806. The van der Waals surface area contributed by atoms with Crippen molar-refractivity contribution in [3.63, 3.8) is 0 Å². The van der Waals surface area contributed by atoms with Crippen LogP contribution >= 0.6 is 8.19 Å². The highest BCUT2D eigenvalue weighted by atomic mass is 31.0. The Kier molecular flexibility index (Phi) is 2.31. The summed E-state index contributed by atoms with van der Waals surface area (Å²) in [4.78, 5) is 0. The molecule has 0 saturated carbocycles. The molecule has 0 fully saturated rings. The summed E-state index contributed by atoms with van der Waals surface area (Å²) in [6.45, 7) is 2.18. The van der Waals surface area contributed by atoms with Crippen molar-refractivity contribution in [3.8, 4) is 10.9 Å². The second-order valence-electron chi connectivity index (χ2n) is 4.09. The minimum Gasteiger partial charge on any atom is -0.123 e. The number of fused-ring (bicyclic) bond motifs is 1. The second kappa shape index (κ2) is 3.81. The molecule has 78 valence electrons. The Morgan fingerprint density at radius 2 is 1.62 bits per heavy atom. The van der Waals surface area contributed by atoms with E-state index in [0.29, 0.717) is 0 Å². The van der Waals surface area contributed by atoms with Gasteiger partial charge in [-0.05, 0) is 39.9 Å². The van der Waals surface area contributed by atoms with Crippen molar-refractivity contribution >= 4 is 18.7 Å². The molecule has 0 amide bonds. The maximum absolute atomic E-state index is 2.33. The van der Waals surface area contributed by atoms with E-state index < -0.39 is 0 Å². The van der Waals surface area contributed by atoms with Gasteiger partial charge in [-0.15, -0.1) is 8.19 Å². The van der Waals surface area contributed by atoms with Gasteiger partial charge in [-0.1, -0.05) is 48.5 Å². The molecule has 1 atom stereocenters. The molecule has 0 aliphatic rings. The van der Waals surface area contributed by atoms with E-state index in [-0.39, 0.29) is 0 Å². The van der Waals surface area contributed by atoms with E-state index in [1.54, 1.807) is 0 Å². The van der Waals surface area contributed by atoms with Gasteiger partial charge in [0.25, 0.3) is 0 Å². The normalized spacial score (nSPS) is 11.3. The number of rotatable bonds is 1. The summed E-state index contributed by atoms with van der Waals surface area (Å²) in [7, 11) is 0.806. The third-order valence-electron chi connectivity index (χ3n) is 2.97. The zero-order valence-electron chi connectivity index (χ0n) is 9.20. The van der Waals surface area contributed by atoms with Crippen LogP contribution in [0.5, 0.6) is 0 Å². The van der Waals surface area contributed by atoms with Gasteiger partial charge in [-0.3, -0.25) is 0 Å². The van der Waals surface area contributed by atoms with Gasteiger partial charge in [0.2, 0.25) is 0 Å². The first kappa shape index (κ1) is 9.69. The van der Waals surface area contributed by atoms with Crippen LogP contribution in [0.15, 0.2) is 54.6 Å². The van der Waals surface area contributed by atoms with Crippen molar-refractivity contribution < 1.29 is 0 Å². The third-order valence-corrected chi connectivity index (χ3v) is 4.37. The van der Waals surface area contributed by atoms with Crippen LogP contribution in [0.4, 0.5) is 0 Å². The van der Waals surface area contributed by atoms with Gasteiger partial charge in [0.05, 0.1) is 0 Å². The quantitative estimate of drug-likeness (QED) is 0.554. The highest BCUT2D eigenvalue weighted by Gasteiger charge is 2.03. The first-order valence-corrected chi connectivity index (χ1v) is 6.48. The van der Waals surface area contributed by atoms with E-state index >= 15 is 0 Å². The summed E-state index contributed by atoms with van der Waals surface area (Å²) in [6.07, 6.45) is 0. The maximum atomic E-state index is 2.33. The van der Waals surface area contributed by atoms with Crippen LogP contribution in [0.25, 0.3) is 21.4 Å². The lowest BCUT2D eigenvalue weighted by atomic mass is 10.1. The van der Waals surface area contributed by atoms with E-state index in [1.165, 1.54) is 26.9 Å². The molecule has 3 aromatic rings. The van der Waals surface area contributed by atoms with Gasteiger partial charge in [-0.25, -0.2) is 0 Å². The van der Waals surface area contributed by atoms with Gasteiger partial charge in [0.15, 0.2) is 0 Å². The Morgan fingerprint density at radius 3 is 2.44 bits per heavy atom. The Bertz CT molecular complexity index is 601. The zero-order chi connectivity index (χ0) is 11.0. The molecular formula is C15H13P. The number of hydrogen-bond acceptors (Lipinski definition) is 0. The SMILES string of the molecule is Cc1ccccc1-c1cc2ccccc2[pH]1. The minimum absolute atomic E-state index is 0.806. The topological polar surface area (TPSA) is 0 Å². The molecule has 0 spiro atoms. The fourth-order valence-corrected chi connectivity index (χ4v) is 3.51. The average molecular weight is 224 g/mol. The second-order valence-corrected chi connectivity index (χ2v) is 5.41. The highest BCUT2D eigenvalue weighted by molar-refractivity contribution is 7.40. The summed E-state index contributed by atoms with van der Waals surface area (Å²) in [5, 5.41) is 4.33. The molecule has 0 aliphatic heterocycles. The zero-order valence-corrected chi connectivity index (χ0v) is 10.2. The van der Waals surface area contributed by atoms with Crippen LogP contribution in [0, 0.1) is 6.92 Å². The van der Waals surface area contributed by atoms with Crippen LogP contribution in [-0.4, -0.2) is 0 Å². The van der Waals surface area contributed by atoms with Crippen molar-refractivity contribution in [1.29, 1.82) is 0 Å². The van der Waals surface area contributed by atoms with Crippen molar-refractivity contribution in [1.82, 2.24) is 0 Å². The molecule has 0 radical (unpaired) electrons. The Balaban J connectivity index is 2.23. The average Bonchev–Trinajstić information content (AvgIpc) is 2.73. The monoisotopic (exact) mass is 224 g/mol. The lowest BCUT2D eigenvalue weighted by Gasteiger charge is -2.01. The van der Waals surface area contributed by atoms with Gasteiger partial charge in [0, 0.05) is 0 Å². The van der Waals surface area contributed by atoms with Crippen LogP contribution in [-0.2, 0) is 0 Å². The highest BCUT2D eigenvalue weighted by Crippen LogP contribution is 2.38. The molecule has 1 heterocycles. The third kappa shape index (κ3) is 1.56. The number of hydrogen-bond donors (Lipinski definition) is 0. The maximum Gasteiger partial charge on any atom is -0.000345 e. The standard InChI is InChI=1S/C15H13P/c1-11-6-2-4-8-13(11)15-10-12-7-3-5-9-14(12)16-15/h2-10,16H,1H3. The van der Waals surface area contributed by atoms with E-state index in [1.807, 2.05) is 0 Å². The van der Waals surface area contributed by atoms with E-state index in [4.69, 9.17) is 0 Å². The van der Waals surface area contributed by atoms with Gasteiger partial charge < -0.3 is 0 Å². The Labute approximate surface area is 97.0 Å². The molecule has 0 bridgehead atoms. The van der Waals surface area contributed by atoms with Crippen LogP contribution in [0.2, 0.25) is 0 Å². The predicted octanol–water partition coefficient (Wildman–Crippen LogP) is 4.85. The van der Waals surface area contributed by atoms with Crippen molar-refractivity contribution in [3.05, 3.63) is 60.2 Å². The molecule has 1 heteroatoms. The molecule has 0 aliphatic carbocycles. The number of aryl methyl sites for hydroxylation is 1. The molecule has 1 aromatic heterocycles. The lowest BCUT2D eigenvalue weighted by molar-refractivity contribution is 1.48. The Morgan fingerprint density at radius 1 is 0.875 bits per heavy atom. The fourth-order valence-electron chi connectivity index (χ4n) is 2.09. The summed E-state index contributed by atoms with van der Waals surface area (Å²) < 4.78 is 0. The molecule has 16 heavy (non-hydrogen) atoms. The summed E-state index contributed by atoms with van der Waals surface area (Å²) in [5.41, 5.74) is 2.77. The summed E-state index contributed by atoms with van der Waals surface area (Å²) in [6, 6.07) is 19.6. The van der Waals surface area contributed by atoms with Gasteiger partial charge >= 0.3 is 0 Å². The van der Waals surface area contributed by atoms with Crippen LogP contribution in [0.1, 0.15) is 5.56 Å². The van der Waals surface area contributed by atoms with Crippen molar-refractivity contribution in [2.45, 2.75) is 6.92 Å². The van der Waals surface area contributed by atoms with Crippen LogP contribution < -0.4 is 0 Å². The molecule has 1 unspecified atom stereocenters. The Hall–Kier alpha value is -1.52. The van der Waals surface area contributed by atoms with Crippen LogP contribution in [0.3, 0.4) is 0 Å².